The first-order valence-electron chi connectivity index (χ1n) is 12.5. The smallest absolute Gasteiger partial charge is 0.236 e. The number of carbonyl (C=O) groups is 1. The van der Waals surface area contributed by atoms with Crippen molar-refractivity contribution in [3.63, 3.8) is 0 Å². The summed E-state index contributed by atoms with van der Waals surface area (Å²) in [7, 11) is 1.76. The molecule has 1 aliphatic rings. The highest BCUT2D eigenvalue weighted by Crippen LogP contribution is 2.19. The molecule has 196 valence electrons. The summed E-state index contributed by atoms with van der Waals surface area (Å²) in [4.78, 5) is 27.0. The highest BCUT2D eigenvalue weighted by atomic mass is 16.2. The molecular formula is C29H39N7O. The lowest BCUT2D eigenvalue weighted by molar-refractivity contribution is -0.128. The average molecular weight is 502 g/mol. The third-order valence-electron chi connectivity index (χ3n) is 6.08. The zero-order valence-electron chi connectivity index (χ0n) is 22.5. The zero-order valence-corrected chi connectivity index (χ0v) is 22.5. The molecule has 8 heteroatoms. The van der Waals surface area contributed by atoms with E-state index in [2.05, 4.69) is 52.6 Å². The van der Waals surface area contributed by atoms with E-state index < -0.39 is 0 Å². The van der Waals surface area contributed by atoms with Gasteiger partial charge in [0.1, 0.15) is 6.07 Å². The van der Waals surface area contributed by atoms with Crippen molar-refractivity contribution in [2.75, 3.05) is 44.7 Å². The summed E-state index contributed by atoms with van der Waals surface area (Å²) >= 11 is 0. The van der Waals surface area contributed by atoms with E-state index in [1.807, 2.05) is 44.5 Å². The SMILES string of the molecule is C/C=C(\C=N/C(C)N1CCN(c2cncc(C#N)c2)CC1)c1cccc(CN(C)C(=O)CN)c1.C=CC. The molecule has 0 spiro atoms. The average Bonchev–Trinajstić information content (AvgIpc) is 2.93. The molecule has 8 nitrogen and oxygen atoms in total. The molecule has 1 unspecified atom stereocenters. The third-order valence-corrected chi connectivity index (χ3v) is 6.08. The van der Waals surface area contributed by atoms with E-state index in [4.69, 9.17) is 16.0 Å². The van der Waals surface area contributed by atoms with Gasteiger partial charge in [-0.25, -0.2) is 0 Å². The first kappa shape index (κ1) is 29.4. The minimum absolute atomic E-state index is 0.0122. The number of nitriles is 1. The van der Waals surface area contributed by atoms with E-state index in [1.165, 1.54) is 0 Å². The number of benzene rings is 1. The summed E-state index contributed by atoms with van der Waals surface area (Å²) in [5, 5.41) is 9.11. The molecule has 1 amide bonds. The number of anilines is 1. The monoisotopic (exact) mass is 501 g/mol. The minimum atomic E-state index is -0.0822. The Morgan fingerprint density at radius 3 is 2.59 bits per heavy atom. The number of pyridine rings is 1. The van der Waals surface area contributed by atoms with Gasteiger partial charge in [0.25, 0.3) is 0 Å². The predicted molar refractivity (Wildman–Crippen MR) is 152 cm³/mol. The summed E-state index contributed by atoms with van der Waals surface area (Å²) in [6, 6.07) is 12.2. The first-order chi connectivity index (χ1) is 17.9. The zero-order chi connectivity index (χ0) is 27.2. The molecule has 2 N–H and O–H groups in total. The number of hydrogen-bond acceptors (Lipinski definition) is 7. The van der Waals surface area contributed by atoms with E-state index in [1.54, 1.807) is 24.2 Å². The maximum atomic E-state index is 11.8. The second kappa shape index (κ2) is 15.3. The van der Waals surface area contributed by atoms with E-state index in [0.717, 1.165) is 48.6 Å². The topological polar surface area (TPSA) is 102 Å². The molecule has 2 heterocycles. The van der Waals surface area contributed by atoms with Gasteiger partial charge in [-0.15, -0.1) is 6.58 Å². The Kier molecular flexibility index (Phi) is 12.2. The van der Waals surface area contributed by atoms with Crippen LogP contribution in [0.1, 0.15) is 37.5 Å². The van der Waals surface area contributed by atoms with Crippen molar-refractivity contribution in [2.24, 2.45) is 10.7 Å². The molecule has 1 aromatic heterocycles. The number of carbonyl (C=O) groups excluding carboxylic acids is 1. The largest absolute Gasteiger partial charge is 0.368 e. The van der Waals surface area contributed by atoms with Gasteiger partial charge in [-0.05, 0) is 49.6 Å². The Morgan fingerprint density at radius 2 is 1.97 bits per heavy atom. The van der Waals surface area contributed by atoms with Crippen molar-refractivity contribution < 1.29 is 4.79 Å². The number of amides is 1. The molecule has 37 heavy (non-hydrogen) atoms. The quantitative estimate of drug-likeness (QED) is 0.437. The Bertz CT molecular complexity index is 1130. The van der Waals surface area contributed by atoms with Crippen molar-refractivity contribution in [2.45, 2.75) is 33.5 Å². The fourth-order valence-corrected chi connectivity index (χ4v) is 3.98. The van der Waals surface area contributed by atoms with Gasteiger partial charge < -0.3 is 15.5 Å². The molecule has 1 aromatic carbocycles. The summed E-state index contributed by atoms with van der Waals surface area (Å²) in [5.41, 5.74) is 10.2. The fraction of sp³-hybridized carbons (Fsp3) is 0.379. The highest BCUT2D eigenvalue weighted by Gasteiger charge is 2.21. The van der Waals surface area contributed by atoms with E-state index >= 15 is 0 Å². The lowest BCUT2D eigenvalue weighted by Gasteiger charge is -2.37. The van der Waals surface area contributed by atoms with Crippen molar-refractivity contribution in [1.82, 2.24) is 14.8 Å². The fourth-order valence-electron chi connectivity index (χ4n) is 3.98. The van der Waals surface area contributed by atoms with Gasteiger partial charge in [0.2, 0.25) is 5.91 Å². The molecule has 0 bridgehead atoms. The van der Waals surface area contributed by atoms with Crippen LogP contribution in [0.15, 0.2) is 66.4 Å². The van der Waals surface area contributed by atoms with Crippen LogP contribution in [-0.4, -0.2) is 72.8 Å². The Hall–Kier alpha value is -3.80. The number of allylic oxidation sites excluding steroid dienone is 3. The molecule has 1 fully saturated rings. The van der Waals surface area contributed by atoms with Crippen molar-refractivity contribution in [1.29, 1.82) is 5.26 Å². The van der Waals surface area contributed by atoms with Gasteiger partial charge in [-0.3, -0.25) is 19.7 Å². The molecule has 3 rings (SSSR count). The maximum Gasteiger partial charge on any atom is 0.236 e. The standard InChI is InChI=1S/C26H33N7O.C3H6/c1-4-23(24-7-5-6-21(12-24)19-31(3)26(34)15-28)17-30-20(2)32-8-10-33(11-9-32)25-13-22(14-27)16-29-18-25;1-3-2/h4-7,12-13,16-18,20H,8-11,15,19,28H2,1-3H3;3H,1H2,2H3/b23-4+,30-17-;. The van der Waals surface area contributed by atoms with Gasteiger partial charge in [-0.1, -0.05) is 30.4 Å². The van der Waals surface area contributed by atoms with Crippen molar-refractivity contribution in [3.05, 3.63) is 78.1 Å². The number of piperazine rings is 1. The minimum Gasteiger partial charge on any atom is -0.368 e. The number of likely N-dealkylation sites (N-methyl/N-ethyl adjacent to an activating group) is 1. The van der Waals surface area contributed by atoms with Crippen LogP contribution in [0.3, 0.4) is 0 Å². The molecule has 0 radical (unpaired) electrons. The van der Waals surface area contributed by atoms with Gasteiger partial charge in [0.15, 0.2) is 0 Å². The van der Waals surface area contributed by atoms with Crippen LogP contribution in [0, 0.1) is 11.3 Å². The normalized spacial score (nSPS) is 14.9. The number of aliphatic imine (C=N–C) groups is 1. The lowest BCUT2D eigenvalue weighted by Crippen LogP contribution is -2.49. The van der Waals surface area contributed by atoms with Crippen LogP contribution in [0.5, 0.6) is 0 Å². The molecule has 1 atom stereocenters. The van der Waals surface area contributed by atoms with E-state index in [9.17, 15) is 4.79 Å². The molecule has 0 saturated carbocycles. The summed E-state index contributed by atoms with van der Waals surface area (Å²) < 4.78 is 0. The summed E-state index contributed by atoms with van der Waals surface area (Å²) in [6.07, 6.45) is 9.19. The van der Waals surface area contributed by atoms with E-state index in [0.29, 0.717) is 12.1 Å². The van der Waals surface area contributed by atoms with Crippen molar-refractivity contribution in [3.8, 4) is 6.07 Å². The number of hydrogen-bond donors (Lipinski definition) is 1. The molecule has 2 aromatic rings. The second-order valence-corrected chi connectivity index (χ2v) is 8.78. The van der Waals surface area contributed by atoms with Gasteiger partial charge in [-0.2, -0.15) is 5.26 Å². The second-order valence-electron chi connectivity index (χ2n) is 8.78. The Morgan fingerprint density at radius 1 is 1.27 bits per heavy atom. The van der Waals surface area contributed by atoms with Crippen LogP contribution in [0.25, 0.3) is 5.57 Å². The van der Waals surface area contributed by atoms with Gasteiger partial charge >= 0.3 is 0 Å². The molecule has 1 aliphatic heterocycles. The number of nitrogens with two attached hydrogens (primary N) is 1. The molecular weight excluding hydrogens is 462 g/mol. The summed E-state index contributed by atoms with van der Waals surface area (Å²) in [6.45, 7) is 13.4. The maximum absolute atomic E-state index is 11.8. The van der Waals surface area contributed by atoms with Crippen LogP contribution in [0.4, 0.5) is 5.69 Å². The molecule has 1 saturated heterocycles. The van der Waals surface area contributed by atoms with E-state index in [-0.39, 0.29) is 18.6 Å². The van der Waals surface area contributed by atoms with Crippen LogP contribution < -0.4 is 10.6 Å². The Balaban J connectivity index is 0.00000153. The number of nitrogens with zero attached hydrogens (tertiary/aromatic N) is 6. The van der Waals surface area contributed by atoms with Gasteiger partial charge in [0.05, 0.1) is 30.2 Å². The van der Waals surface area contributed by atoms with Crippen molar-refractivity contribution >= 4 is 23.4 Å². The number of rotatable bonds is 8. The third kappa shape index (κ3) is 8.98. The lowest BCUT2D eigenvalue weighted by atomic mass is 10.0. The van der Waals surface area contributed by atoms with Crippen LogP contribution >= 0.6 is 0 Å². The Labute approximate surface area is 221 Å². The van der Waals surface area contributed by atoms with Gasteiger partial charge in [0, 0.05) is 52.2 Å². The van der Waals surface area contributed by atoms with Crippen LogP contribution in [-0.2, 0) is 11.3 Å². The molecule has 0 aliphatic carbocycles. The summed E-state index contributed by atoms with van der Waals surface area (Å²) in [5.74, 6) is -0.0822. The van der Waals surface area contributed by atoms with Crippen LogP contribution in [0.2, 0.25) is 0 Å². The first-order valence-corrected chi connectivity index (χ1v) is 12.5. The number of aromatic nitrogens is 1. The predicted octanol–water partition coefficient (Wildman–Crippen LogP) is 3.70. The highest BCUT2D eigenvalue weighted by molar-refractivity contribution is 6.09.